The van der Waals surface area contributed by atoms with Gasteiger partial charge in [0, 0.05) is 5.57 Å². The summed E-state index contributed by atoms with van der Waals surface area (Å²) in [6.07, 6.45) is 1.20. The van der Waals surface area contributed by atoms with Gasteiger partial charge in [0.25, 0.3) is 0 Å². The minimum atomic E-state index is -3.69. The summed E-state index contributed by atoms with van der Waals surface area (Å²) in [6, 6.07) is 0. The SMILES string of the molecule is C=C(CC)C(=O)OS(C)(=O)=O. The molecule has 0 unspecified atom stereocenters. The van der Waals surface area contributed by atoms with Gasteiger partial charge in [-0.2, -0.15) is 8.42 Å². The fourth-order valence-electron chi connectivity index (χ4n) is 0.341. The Morgan fingerprint density at radius 3 is 2.27 bits per heavy atom. The smallest absolute Gasteiger partial charge is 0.342 e. The zero-order valence-corrected chi connectivity index (χ0v) is 7.27. The maximum Gasteiger partial charge on any atom is 0.349 e. The normalized spacial score (nSPS) is 10.7. The van der Waals surface area contributed by atoms with Gasteiger partial charge >= 0.3 is 16.1 Å². The lowest BCUT2D eigenvalue weighted by atomic mass is 10.2. The van der Waals surface area contributed by atoms with Gasteiger partial charge in [-0.1, -0.05) is 13.5 Å². The van der Waals surface area contributed by atoms with Crippen molar-refractivity contribution in [2.45, 2.75) is 13.3 Å². The third kappa shape index (κ3) is 4.55. The second kappa shape index (κ2) is 3.52. The molecule has 4 nitrogen and oxygen atoms in total. The molecule has 0 aromatic carbocycles. The number of carbonyl (C=O) groups is 1. The molecule has 11 heavy (non-hydrogen) atoms. The van der Waals surface area contributed by atoms with Crippen molar-refractivity contribution in [1.82, 2.24) is 0 Å². The molecule has 0 amide bonds. The quantitative estimate of drug-likeness (QED) is 0.465. The summed E-state index contributed by atoms with van der Waals surface area (Å²) in [6.45, 7) is 5.00. The minimum Gasteiger partial charge on any atom is -0.342 e. The van der Waals surface area contributed by atoms with E-state index in [1.807, 2.05) is 0 Å². The van der Waals surface area contributed by atoms with Crippen LogP contribution in [-0.4, -0.2) is 20.6 Å². The zero-order chi connectivity index (χ0) is 9.07. The minimum absolute atomic E-state index is 0.149. The molecule has 0 aliphatic carbocycles. The highest BCUT2D eigenvalue weighted by molar-refractivity contribution is 7.86. The van der Waals surface area contributed by atoms with Crippen molar-refractivity contribution in [2.75, 3.05) is 6.26 Å². The van der Waals surface area contributed by atoms with Crippen molar-refractivity contribution in [3.05, 3.63) is 12.2 Å². The van der Waals surface area contributed by atoms with Gasteiger partial charge in [0.1, 0.15) is 0 Å². The number of rotatable bonds is 3. The summed E-state index contributed by atoms with van der Waals surface area (Å²) >= 11 is 0. The van der Waals surface area contributed by atoms with Gasteiger partial charge in [-0.25, -0.2) is 4.79 Å². The Kier molecular flexibility index (Phi) is 3.25. The Morgan fingerprint density at radius 2 is 2.00 bits per heavy atom. The Bertz CT molecular complexity index is 262. The van der Waals surface area contributed by atoms with Gasteiger partial charge in [0.15, 0.2) is 0 Å². The molecule has 0 aliphatic rings. The summed E-state index contributed by atoms with van der Waals surface area (Å²) in [5.41, 5.74) is 0.149. The molecule has 0 N–H and O–H groups in total. The van der Waals surface area contributed by atoms with Crippen molar-refractivity contribution >= 4 is 16.1 Å². The van der Waals surface area contributed by atoms with Crippen LogP contribution in [0.15, 0.2) is 12.2 Å². The Morgan fingerprint density at radius 1 is 1.55 bits per heavy atom. The largest absolute Gasteiger partial charge is 0.349 e. The number of hydrogen-bond donors (Lipinski definition) is 0. The first-order valence-corrected chi connectivity index (χ1v) is 4.80. The van der Waals surface area contributed by atoms with Crippen LogP contribution in [0.3, 0.4) is 0 Å². The van der Waals surface area contributed by atoms with Crippen molar-refractivity contribution in [1.29, 1.82) is 0 Å². The van der Waals surface area contributed by atoms with Gasteiger partial charge in [-0.05, 0) is 6.42 Å². The van der Waals surface area contributed by atoms with Gasteiger partial charge in [0.05, 0.1) is 6.26 Å². The van der Waals surface area contributed by atoms with Gasteiger partial charge in [-0.3, -0.25) is 0 Å². The molecule has 0 spiro atoms. The van der Waals surface area contributed by atoms with Crippen LogP contribution in [0.5, 0.6) is 0 Å². The fourth-order valence-corrected chi connectivity index (χ4v) is 0.734. The number of hydrogen-bond acceptors (Lipinski definition) is 4. The lowest BCUT2D eigenvalue weighted by molar-refractivity contribution is -0.129. The van der Waals surface area contributed by atoms with E-state index in [9.17, 15) is 13.2 Å². The van der Waals surface area contributed by atoms with Crippen LogP contribution >= 0.6 is 0 Å². The molecule has 0 aromatic heterocycles. The monoisotopic (exact) mass is 178 g/mol. The highest BCUT2D eigenvalue weighted by Crippen LogP contribution is 2.01. The Hall–Kier alpha value is -0.840. The predicted octanol–water partition coefficient (Wildman–Crippen LogP) is 0.455. The van der Waals surface area contributed by atoms with Crippen LogP contribution in [-0.2, 0) is 19.1 Å². The Balaban J connectivity index is 4.22. The second-order valence-electron chi connectivity index (χ2n) is 2.03. The molecule has 0 heterocycles. The molecular formula is C6H10O4S. The zero-order valence-electron chi connectivity index (χ0n) is 6.46. The van der Waals surface area contributed by atoms with Gasteiger partial charge in [0.2, 0.25) is 0 Å². The van der Waals surface area contributed by atoms with Crippen molar-refractivity contribution in [2.24, 2.45) is 0 Å². The van der Waals surface area contributed by atoms with Gasteiger partial charge in [-0.15, -0.1) is 0 Å². The lowest BCUT2D eigenvalue weighted by Gasteiger charge is -2.00. The molecular weight excluding hydrogens is 168 g/mol. The first-order chi connectivity index (χ1) is 4.87. The van der Waals surface area contributed by atoms with Crippen molar-refractivity contribution in [3.63, 3.8) is 0 Å². The van der Waals surface area contributed by atoms with E-state index < -0.39 is 16.1 Å². The molecule has 0 aliphatic heterocycles. The van der Waals surface area contributed by atoms with E-state index in [1.165, 1.54) is 0 Å². The topological polar surface area (TPSA) is 60.4 Å². The predicted molar refractivity (Wildman–Crippen MR) is 40.4 cm³/mol. The average molecular weight is 178 g/mol. The number of carbonyl (C=O) groups excluding carboxylic acids is 1. The van der Waals surface area contributed by atoms with E-state index in [0.29, 0.717) is 6.42 Å². The molecule has 64 valence electrons. The maximum absolute atomic E-state index is 10.7. The molecule has 0 bridgehead atoms. The van der Waals surface area contributed by atoms with Crippen LogP contribution < -0.4 is 0 Å². The molecule has 0 fully saturated rings. The van der Waals surface area contributed by atoms with Crippen LogP contribution in [0.25, 0.3) is 0 Å². The third-order valence-corrected chi connectivity index (χ3v) is 1.40. The van der Waals surface area contributed by atoms with Crippen LogP contribution in [0.2, 0.25) is 0 Å². The molecule has 0 rings (SSSR count). The molecule has 0 atom stereocenters. The summed E-state index contributed by atoms with van der Waals surface area (Å²) in [5, 5.41) is 0. The standard InChI is InChI=1S/C6H10O4S/c1-4-5(2)6(7)10-11(3,8)9/h2,4H2,1,3H3. The van der Waals surface area contributed by atoms with Crippen molar-refractivity contribution in [3.8, 4) is 0 Å². The molecule has 5 heteroatoms. The van der Waals surface area contributed by atoms with Gasteiger partial charge < -0.3 is 4.18 Å². The van der Waals surface area contributed by atoms with E-state index in [4.69, 9.17) is 0 Å². The van der Waals surface area contributed by atoms with E-state index in [2.05, 4.69) is 10.8 Å². The van der Waals surface area contributed by atoms with Crippen LogP contribution in [0.1, 0.15) is 13.3 Å². The van der Waals surface area contributed by atoms with Crippen LogP contribution in [0.4, 0.5) is 0 Å². The summed E-state index contributed by atoms with van der Waals surface area (Å²) < 4.78 is 24.8. The first kappa shape index (κ1) is 10.2. The maximum atomic E-state index is 10.7. The average Bonchev–Trinajstić information content (AvgIpc) is 1.82. The summed E-state index contributed by atoms with van der Waals surface area (Å²) in [4.78, 5) is 10.7. The molecule has 0 saturated heterocycles. The van der Waals surface area contributed by atoms with Crippen LogP contribution in [0, 0.1) is 0 Å². The summed E-state index contributed by atoms with van der Waals surface area (Å²) in [5.74, 6) is -0.880. The highest BCUT2D eigenvalue weighted by Gasteiger charge is 2.12. The van der Waals surface area contributed by atoms with E-state index in [0.717, 1.165) is 6.26 Å². The first-order valence-electron chi connectivity index (χ1n) is 2.98. The second-order valence-corrected chi connectivity index (χ2v) is 3.61. The van der Waals surface area contributed by atoms with E-state index in [1.54, 1.807) is 6.92 Å². The van der Waals surface area contributed by atoms with E-state index >= 15 is 0 Å². The third-order valence-electron chi connectivity index (χ3n) is 0.943. The lowest BCUT2D eigenvalue weighted by Crippen LogP contribution is -2.12. The Labute approximate surface area is 66.0 Å². The fraction of sp³-hybridized carbons (Fsp3) is 0.500. The molecule has 0 aromatic rings. The molecule has 0 radical (unpaired) electrons. The van der Waals surface area contributed by atoms with E-state index in [-0.39, 0.29) is 5.57 Å². The van der Waals surface area contributed by atoms with Crippen molar-refractivity contribution < 1.29 is 17.4 Å². The summed E-state index contributed by atoms with van der Waals surface area (Å²) in [7, 11) is -3.69. The molecule has 0 saturated carbocycles. The highest BCUT2D eigenvalue weighted by atomic mass is 32.2.